The van der Waals surface area contributed by atoms with Crippen LogP contribution in [0.1, 0.15) is 43.0 Å². The van der Waals surface area contributed by atoms with Gasteiger partial charge >= 0.3 is 0 Å². The van der Waals surface area contributed by atoms with Gasteiger partial charge in [0.05, 0.1) is 11.2 Å². The molecule has 2 aliphatic rings. The van der Waals surface area contributed by atoms with Gasteiger partial charge in [-0.1, -0.05) is 0 Å². The minimum atomic E-state index is -0.349. The molecule has 0 fully saturated rings. The molecule has 1 aliphatic carbocycles. The van der Waals surface area contributed by atoms with Gasteiger partial charge in [-0.2, -0.15) is 0 Å². The molecule has 1 N–H and O–H groups in total. The van der Waals surface area contributed by atoms with E-state index in [1.807, 2.05) is 11.5 Å². The van der Waals surface area contributed by atoms with Crippen molar-refractivity contribution in [2.24, 2.45) is 0 Å². The number of nitrogens with zero attached hydrogens (tertiary/aromatic N) is 3. The Bertz CT molecular complexity index is 730. The Kier molecular flexibility index (Phi) is 2.13. The summed E-state index contributed by atoms with van der Waals surface area (Å²) < 4.78 is 16.5. The van der Waals surface area contributed by atoms with Gasteiger partial charge in [-0.15, -0.1) is 10.2 Å². The van der Waals surface area contributed by atoms with E-state index in [9.17, 15) is 4.39 Å². The second-order valence-electron chi connectivity index (χ2n) is 6.23. The minimum absolute atomic E-state index is 0.187. The van der Waals surface area contributed by atoms with E-state index in [-0.39, 0.29) is 11.4 Å². The number of halogens is 1. The zero-order chi connectivity index (χ0) is 14.1. The molecule has 2 aromatic rings. The summed E-state index contributed by atoms with van der Waals surface area (Å²) in [6.45, 7) is 5.98. The van der Waals surface area contributed by atoms with Crippen molar-refractivity contribution in [1.82, 2.24) is 14.8 Å². The second-order valence-corrected chi connectivity index (χ2v) is 6.23. The summed E-state index contributed by atoms with van der Waals surface area (Å²) >= 11 is 0. The molecule has 104 valence electrons. The summed E-state index contributed by atoms with van der Waals surface area (Å²) in [5.74, 6) is 1.31. The highest BCUT2D eigenvalue weighted by molar-refractivity contribution is 5.73. The van der Waals surface area contributed by atoms with Crippen LogP contribution in [0.4, 0.5) is 10.1 Å². The van der Waals surface area contributed by atoms with Crippen LogP contribution < -0.4 is 5.32 Å². The lowest BCUT2D eigenvalue weighted by molar-refractivity contribution is 0.521. The van der Waals surface area contributed by atoms with Crippen molar-refractivity contribution in [3.63, 3.8) is 0 Å². The van der Waals surface area contributed by atoms with Crippen LogP contribution in [0.3, 0.4) is 0 Å². The van der Waals surface area contributed by atoms with Crippen LogP contribution in [-0.2, 0) is 18.4 Å². The summed E-state index contributed by atoms with van der Waals surface area (Å²) in [6.07, 6.45) is 3.08. The van der Waals surface area contributed by atoms with E-state index in [1.165, 1.54) is 5.56 Å². The molecule has 4 rings (SSSR count). The van der Waals surface area contributed by atoms with Crippen LogP contribution in [-0.4, -0.2) is 14.8 Å². The van der Waals surface area contributed by atoms with Gasteiger partial charge < -0.3 is 5.32 Å². The molecule has 5 heteroatoms. The summed E-state index contributed by atoms with van der Waals surface area (Å²) in [4.78, 5) is 0. The fourth-order valence-corrected chi connectivity index (χ4v) is 3.45. The number of fused-ring (bicyclic) bond motifs is 5. The molecule has 0 radical (unpaired) electrons. The largest absolute Gasteiger partial charge is 0.371 e. The Balaban J connectivity index is 2.11. The molecule has 0 spiro atoms. The maximum absolute atomic E-state index is 14.6. The van der Waals surface area contributed by atoms with Crippen LogP contribution in [0.5, 0.6) is 0 Å². The van der Waals surface area contributed by atoms with E-state index < -0.39 is 0 Å². The molecule has 20 heavy (non-hydrogen) atoms. The molecular formula is C15H17FN4. The predicted octanol–water partition coefficient (Wildman–Crippen LogP) is 2.86. The number of hydrogen-bond donors (Lipinski definition) is 1. The standard InChI is InChI=1S/C15H17FN4/c1-8-18-19-14-15(2,3)17-12-10-6-4-5-9(10)7-11(16)13(12)20(8)14/h7,17H,4-6H2,1-3H3. The van der Waals surface area contributed by atoms with Gasteiger partial charge in [-0.05, 0) is 57.2 Å². The zero-order valence-electron chi connectivity index (χ0n) is 11.9. The van der Waals surface area contributed by atoms with Gasteiger partial charge in [0.1, 0.15) is 17.3 Å². The van der Waals surface area contributed by atoms with Gasteiger partial charge in [0, 0.05) is 0 Å². The molecule has 1 aromatic heterocycles. The molecule has 1 aliphatic heterocycles. The smallest absolute Gasteiger partial charge is 0.162 e. The topological polar surface area (TPSA) is 42.7 Å². The molecule has 0 atom stereocenters. The number of anilines is 1. The number of rotatable bonds is 0. The first-order valence-electron chi connectivity index (χ1n) is 7.04. The average Bonchev–Trinajstić information content (AvgIpc) is 2.96. The van der Waals surface area contributed by atoms with E-state index in [2.05, 4.69) is 29.4 Å². The maximum Gasteiger partial charge on any atom is 0.162 e. The first-order chi connectivity index (χ1) is 9.49. The van der Waals surface area contributed by atoms with Crippen molar-refractivity contribution in [3.05, 3.63) is 34.7 Å². The lowest BCUT2D eigenvalue weighted by Gasteiger charge is -2.35. The maximum atomic E-state index is 14.6. The Labute approximate surface area is 117 Å². The molecule has 2 heterocycles. The molecule has 1 aromatic carbocycles. The van der Waals surface area contributed by atoms with E-state index in [0.29, 0.717) is 5.69 Å². The van der Waals surface area contributed by atoms with Crippen LogP contribution in [0.15, 0.2) is 6.07 Å². The quantitative estimate of drug-likeness (QED) is 0.802. The van der Waals surface area contributed by atoms with E-state index in [4.69, 9.17) is 0 Å². The number of nitrogens with one attached hydrogen (secondary N) is 1. The fourth-order valence-electron chi connectivity index (χ4n) is 3.45. The van der Waals surface area contributed by atoms with E-state index >= 15 is 0 Å². The molecule has 0 bridgehead atoms. The lowest BCUT2D eigenvalue weighted by Crippen LogP contribution is -2.37. The average molecular weight is 272 g/mol. The summed E-state index contributed by atoms with van der Waals surface area (Å²) in [6, 6.07) is 1.68. The number of aromatic nitrogens is 3. The van der Waals surface area contributed by atoms with Crippen molar-refractivity contribution >= 4 is 5.69 Å². The molecule has 0 saturated heterocycles. The van der Waals surface area contributed by atoms with Gasteiger partial charge in [0.15, 0.2) is 5.82 Å². The number of benzene rings is 1. The Hall–Kier alpha value is -1.91. The fraction of sp³-hybridized carbons (Fsp3) is 0.467. The van der Waals surface area contributed by atoms with Crippen molar-refractivity contribution in [1.29, 1.82) is 0 Å². The molecule has 0 amide bonds. The van der Waals surface area contributed by atoms with Crippen LogP contribution in [0.2, 0.25) is 0 Å². The number of hydrogen-bond acceptors (Lipinski definition) is 3. The third-order valence-electron chi connectivity index (χ3n) is 4.37. The highest BCUT2D eigenvalue weighted by Gasteiger charge is 2.37. The summed E-state index contributed by atoms with van der Waals surface area (Å²) in [5.41, 5.74) is 3.56. The lowest BCUT2D eigenvalue weighted by atomic mass is 9.96. The molecule has 0 saturated carbocycles. The first kappa shape index (κ1) is 11.9. The van der Waals surface area contributed by atoms with Gasteiger partial charge in [-0.3, -0.25) is 4.57 Å². The first-order valence-corrected chi connectivity index (χ1v) is 7.04. The van der Waals surface area contributed by atoms with E-state index in [0.717, 1.165) is 42.2 Å². The van der Waals surface area contributed by atoms with Gasteiger partial charge in [-0.25, -0.2) is 4.39 Å². The SMILES string of the molecule is Cc1nnc2n1-c1c(F)cc3c(c1NC2(C)C)CCC3. The van der Waals surface area contributed by atoms with Crippen molar-refractivity contribution in [2.45, 2.75) is 45.6 Å². The highest BCUT2D eigenvalue weighted by atomic mass is 19.1. The molecule has 4 nitrogen and oxygen atoms in total. The van der Waals surface area contributed by atoms with Crippen molar-refractivity contribution in [2.75, 3.05) is 5.32 Å². The summed E-state index contributed by atoms with van der Waals surface area (Å²) in [7, 11) is 0. The van der Waals surface area contributed by atoms with Gasteiger partial charge in [0.25, 0.3) is 0 Å². The van der Waals surface area contributed by atoms with Crippen LogP contribution in [0, 0.1) is 12.7 Å². The Morgan fingerprint density at radius 3 is 2.90 bits per heavy atom. The van der Waals surface area contributed by atoms with Crippen LogP contribution >= 0.6 is 0 Å². The highest BCUT2D eigenvalue weighted by Crippen LogP contribution is 2.43. The number of aryl methyl sites for hydroxylation is 2. The predicted molar refractivity (Wildman–Crippen MR) is 74.7 cm³/mol. The van der Waals surface area contributed by atoms with E-state index in [1.54, 1.807) is 6.07 Å². The van der Waals surface area contributed by atoms with Crippen LogP contribution in [0.25, 0.3) is 5.69 Å². The zero-order valence-corrected chi connectivity index (χ0v) is 11.9. The summed E-state index contributed by atoms with van der Waals surface area (Å²) in [5, 5.41) is 11.8. The Morgan fingerprint density at radius 1 is 1.30 bits per heavy atom. The molecule has 0 unspecified atom stereocenters. The molecular weight excluding hydrogens is 255 g/mol. The van der Waals surface area contributed by atoms with Gasteiger partial charge in [0.2, 0.25) is 0 Å². The van der Waals surface area contributed by atoms with Crippen molar-refractivity contribution in [3.8, 4) is 5.69 Å². The third-order valence-corrected chi connectivity index (χ3v) is 4.37. The second kappa shape index (κ2) is 3.59. The normalized spacial score (nSPS) is 18.2. The third kappa shape index (κ3) is 1.35. The van der Waals surface area contributed by atoms with Crippen molar-refractivity contribution < 1.29 is 4.39 Å². The Morgan fingerprint density at radius 2 is 2.10 bits per heavy atom. The monoisotopic (exact) mass is 272 g/mol. The minimum Gasteiger partial charge on any atom is -0.371 e.